The zero-order valence-corrected chi connectivity index (χ0v) is 19.0. The van der Waals surface area contributed by atoms with Gasteiger partial charge >= 0.3 is 0 Å². The Bertz CT molecular complexity index is 911. The fourth-order valence-corrected chi connectivity index (χ4v) is 6.17. The van der Waals surface area contributed by atoms with E-state index in [4.69, 9.17) is 14.0 Å². The maximum absolute atomic E-state index is 13.8. The van der Waals surface area contributed by atoms with E-state index in [-0.39, 0.29) is 35.9 Å². The summed E-state index contributed by atoms with van der Waals surface area (Å²) in [5.74, 6) is 0.781. The van der Waals surface area contributed by atoms with Gasteiger partial charge in [-0.1, -0.05) is 0 Å². The van der Waals surface area contributed by atoms with Crippen LogP contribution in [0, 0.1) is 13.8 Å². The lowest BCUT2D eigenvalue weighted by Gasteiger charge is -2.25. The number of ether oxygens (including phenoxy) is 2. The summed E-state index contributed by atoms with van der Waals surface area (Å²) < 4.78 is 30.3. The van der Waals surface area contributed by atoms with Crippen molar-refractivity contribution in [3.8, 4) is 17.2 Å². The molecule has 4 atom stereocenters. The standard InChI is InChI=1S/C20H29N4O5P/c1-11-7-12(2)23-20(22-11)21-10-18(30(26)24-13(3)14(4)29-30)15-8-16(27-5)19(25)17(9-15)28-6/h7-9,13-14,18,25H,10H2,1-6H3,(H,24,26)(H,21,22,23)/t13-,14-,18?,30?/m0/s1. The predicted octanol–water partition coefficient (Wildman–Crippen LogP) is 3.56. The number of rotatable bonds is 7. The highest BCUT2D eigenvalue weighted by atomic mass is 31.2. The summed E-state index contributed by atoms with van der Waals surface area (Å²) in [6.45, 7) is 7.83. The minimum atomic E-state index is -3.31. The maximum Gasteiger partial charge on any atom is 0.279 e. The first-order valence-corrected chi connectivity index (χ1v) is 11.4. The summed E-state index contributed by atoms with van der Waals surface area (Å²) in [6.07, 6.45) is -0.211. The van der Waals surface area contributed by atoms with Crippen molar-refractivity contribution < 1.29 is 23.7 Å². The lowest BCUT2D eigenvalue weighted by molar-refractivity contribution is 0.235. The number of phenols is 1. The molecule has 0 saturated carbocycles. The minimum absolute atomic E-state index is 0.0725. The van der Waals surface area contributed by atoms with Gasteiger partial charge in [-0.15, -0.1) is 0 Å². The van der Waals surface area contributed by atoms with Gasteiger partial charge in [0.1, 0.15) is 0 Å². The van der Waals surface area contributed by atoms with Gasteiger partial charge in [-0.25, -0.2) is 15.1 Å². The summed E-state index contributed by atoms with van der Waals surface area (Å²) in [5.41, 5.74) is 1.70. The van der Waals surface area contributed by atoms with Crippen LogP contribution in [-0.2, 0) is 9.09 Å². The zero-order valence-electron chi connectivity index (χ0n) is 18.1. The molecule has 2 unspecified atom stereocenters. The number of aromatic nitrogens is 2. The first-order valence-electron chi connectivity index (χ1n) is 9.73. The topological polar surface area (TPSA) is 115 Å². The van der Waals surface area contributed by atoms with Gasteiger partial charge in [0, 0.05) is 24.0 Å². The maximum atomic E-state index is 13.8. The van der Waals surface area contributed by atoms with Crippen LogP contribution in [0.4, 0.5) is 5.95 Å². The van der Waals surface area contributed by atoms with Crippen LogP contribution in [0.2, 0.25) is 0 Å². The number of aromatic hydroxyl groups is 1. The summed E-state index contributed by atoms with van der Waals surface area (Å²) in [7, 11) is -0.412. The molecular formula is C20H29N4O5P. The van der Waals surface area contributed by atoms with Crippen LogP contribution in [-0.4, -0.2) is 48.0 Å². The monoisotopic (exact) mass is 436 g/mol. The number of methoxy groups -OCH3 is 2. The van der Waals surface area contributed by atoms with E-state index in [0.29, 0.717) is 11.5 Å². The van der Waals surface area contributed by atoms with E-state index < -0.39 is 13.2 Å². The third-order valence-corrected chi connectivity index (χ3v) is 7.86. The van der Waals surface area contributed by atoms with E-state index in [1.165, 1.54) is 14.2 Å². The van der Waals surface area contributed by atoms with Crippen LogP contribution in [0.3, 0.4) is 0 Å². The van der Waals surface area contributed by atoms with Crippen LogP contribution in [0.25, 0.3) is 0 Å². The molecule has 1 fully saturated rings. The van der Waals surface area contributed by atoms with Crippen LogP contribution < -0.4 is 19.9 Å². The predicted molar refractivity (Wildman–Crippen MR) is 115 cm³/mol. The number of phenolic OH excluding ortho intramolecular Hbond substituents is 1. The van der Waals surface area contributed by atoms with E-state index >= 15 is 0 Å². The summed E-state index contributed by atoms with van der Waals surface area (Å²) in [4.78, 5) is 8.80. The van der Waals surface area contributed by atoms with Gasteiger partial charge in [0.05, 0.1) is 26.0 Å². The van der Waals surface area contributed by atoms with Crippen LogP contribution in [0.1, 0.15) is 36.5 Å². The highest BCUT2D eigenvalue weighted by molar-refractivity contribution is 7.57. The minimum Gasteiger partial charge on any atom is -0.502 e. The molecule has 0 radical (unpaired) electrons. The largest absolute Gasteiger partial charge is 0.502 e. The quantitative estimate of drug-likeness (QED) is 0.560. The normalized spacial score (nSPS) is 24.5. The highest BCUT2D eigenvalue weighted by Gasteiger charge is 2.45. The second-order valence-corrected chi connectivity index (χ2v) is 9.76. The fraction of sp³-hybridized carbons (Fsp3) is 0.500. The highest BCUT2D eigenvalue weighted by Crippen LogP contribution is 2.62. The van der Waals surface area contributed by atoms with E-state index in [9.17, 15) is 9.67 Å². The smallest absolute Gasteiger partial charge is 0.279 e. The SMILES string of the molecule is COc1cc(C(CNc2nc(C)cc(C)n2)P2(=O)N[C@@H](C)[C@H](C)O2)cc(OC)c1O. The van der Waals surface area contributed by atoms with Crippen molar-refractivity contribution in [3.05, 3.63) is 35.2 Å². The van der Waals surface area contributed by atoms with Crippen molar-refractivity contribution in [1.29, 1.82) is 0 Å². The first kappa shape index (κ1) is 22.3. The molecule has 3 rings (SSSR count). The average molecular weight is 436 g/mol. The Morgan fingerprint density at radius 3 is 2.20 bits per heavy atom. The number of hydrogen-bond acceptors (Lipinski definition) is 8. The molecule has 0 amide bonds. The van der Waals surface area contributed by atoms with E-state index in [1.807, 2.05) is 33.8 Å². The molecule has 2 heterocycles. The van der Waals surface area contributed by atoms with Gasteiger partial charge < -0.3 is 24.4 Å². The molecule has 2 aromatic rings. The van der Waals surface area contributed by atoms with E-state index in [1.54, 1.807) is 12.1 Å². The second-order valence-electron chi connectivity index (χ2n) is 7.47. The van der Waals surface area contributed by atoms with Gasteiger partial charge in [-0.3, -0.25) is 4.57 Å². The Balaban J connectivity index is 2.01. The van der Waals surface area contributed by atoms with Gasteiger partial charge in [-0.2, -0.15) is 0 Å². The molecule has 3 N–H and O–H groups in total. The number of aryl methyl sites for hydroxylation is 2. The Morgan fingerprint density at radius 2 is 1.73 bits per heavy atom. The first-order chi connectivity index (χ1) is 14.2. The molecule has 1 aliphatic rings. The number of anilines is 1. The molecule has 1 aromatic carbocycles. The summed E-state index contributed by atoms with van der Waals surface area (Å²) >= 11 is 0. The van der Waals surface area contributed by atoms with E-state index in [2.05, 4.69) is 20.4 Å². The molecule has 1 saturated heterocycles. The lowest BCUT2D eigenvalue weighted by Crippen LogP contribution is -2.25. The molecule has 10 heteroatoms. The zero-order chi connectivity index (χ0) is 22.1. The lowest BCUT2D eigenvalue weighted by atomic mass is 10.1. The Kier molecular flexibility index (Phi) is 6.55. The van der Waals surface area contributed by atoms with Crippen molar-refractivity contribution in [2.45, 2.75) is 45.5 Å². The molecule has 30 heavy (non-hydrogen) atoms. The molecule has 164 valence electrons. The van der Waals surface area contributed by atoms with Crippen molar-refractivity contribution in [1.82, 2.24) is 15.1 Å². The molecule has 1 aromatic heterocycles. The third-order valence-electron chi connectivity index (χ3n) is 5.14. The van der Waals surface area contributed by atoms with Crippen LogP contribution in [0.15, 0.2) is 18.2 Å². The van der Waals surface area contributed by atoms with Gasteiger partial charge in [0.25, 0.3) is 7.52 Å². The van der Waals surface area contributed by atoms with Gasteiger partial charge in [-0.05, 0) is 51.5 Å². The van der Waals surface area contributed by atoms with Crippen molar-refractivity contribution in [2.75, 3.05) is 26.1 Å². The number of hydrogen-bond donors (Lipinski definition) is 3. The number of benzene rings is 1. The second kappa shape index (κ2) is 8.79. The van der Waals surface area contributed by atoms with Crippen molar-refractivity contribution in [2.24, 2.45) is 0 Å². The number of nitrogens with one attached hydrogen (secondary N) is 2. The van der Waals surface area contributed by atoms with Crippen LogP contribution in [0.5, 0.6) is 17.2 Å². The molecular weight excluding hydrogens is 407 g/mol. The average Bonchev–Trinajstić information content (AvgIpc) is 2.94. The summed E-state index contributed by atoms with van der Waals surface area (Å²) in [6, 6.07) is 5.10. The number of nitrogens with zero attached hydrogens (tertiary/aromatic N) is 2. The third kappa shape index (κ3) is 4.53. The molecule has 9 nitrogen and oxygen atoms in total. The van der Waals surface area contributed by atoms with Gasteiger partial charge in [0.2, 0.25) is 11.7 Å². The molecule has 0 spiro atoms. The Morgan fingerprint density at radius 1 is 1.17 bits per heavy atom. The molecule has 0 bridgehead atoms. The van der Waals surface area contributed by atoms with Crippen molar-refractivity contribution >= 4 is 13.5 Å². The molecule has 0 aliphatic carbocycles. The fourth-order valence-electron chi connectivity index (χ4n) is 3.45. The summed E-state index contributed by atoms with van der Waals surface area (Å²) in [5, 5.41) is 16.6. The Labute approximate surface area is 176 Å². The molecule has 1 aliphatic heterocycles. The Hall–Kier alpha value is -2.35. The van der Waals surface area contributed by atoms with Gasteiger partial charge in [0.15, 0.2) is 11.5 Å². The van der Waals surface area contributed by atoms with Crippen molar-refractivity contribution in [3.63, 3.8) is 0 Å². The van der Waals surface area contributed by atoms with E-state index in [0.717, 1.165) is 11.4 Å². The van der Waals surface area contributed by atoms with Crippen LogP contribution >= 0.6 is 7.52 Å².